The summed E-state index contributed by atoms with van der Waals surface area (Å²) in [5.74, 6) is -0.104. The predicted octanol–water partition coefficient (Wildman–Crippen LogP) is 1.49. The molecule has 2 saturated heterocycles. The quantitative estimate of drug-likeness (QED) is 0.590. The van der Waals surface area contributed by atoms with Crippen molar-refractivity contribution in [3.05, 3.63) is 33.3 Å². The third-order valence-corrected chi connectivity index (χ3v) is 4.61. The average Bonchev–Trinajstić information content (AvgIpc) is 2.99. The van der Waals surface area contributed by atoms with Crippen molar-refractivity contribution in [1.29, 1.82) is 0 Å². The topological polar surface area (TPSA) is 74.4 Å². The van der Waals surface area contributed by atoms with Crippen molar-refractivity contribution in [1.82, 2.24) is 21.5 Å². The smallest absolute Gasteiger partial charge is 0.251 e. The molecular formula is C14H19BrCl2N4O2. The molecule has 0 radical (unpaired) electrons. The zero-order chi connectivity index (χ0) is 15.5. The molecular weight excluding hydrogens is 407 g/mol. The molecule has 1 aromatic rings. The van der Waals surface area contributed by atoms with Crippen LogP contribution in [0.1, 0.15) is 18.0 Å². The Hall–Kier alpha value is -0.410. The molecule has 3 atom stereocenters. The van der Waals surface area contributed by atoms with Gasteiger partial charge in [-0.15, -0.1) is 12.4 Å². The largest absolute Gasteiger partial charge is 0.366 e. The van der Waals surface area contributed by atoms with Crippen molar-refractivity contribution in [3.8, 4) is 0 Å². The van der Waals surface area contributed by atoms with E-state index in [0.717, 1.165) is 16.6 Å². The average molecular weight is 426 g/mol. The Morgan fingerprint density at radius 2 is 2.22 bits per heavy atom. The maximum atomic E-state index is 12.1. The normalized spacial score (nSPS) is 27.3. The number of benzene rings is 1. The number of rotatable bonds is 3. The van der Waals surface area contributed by atoms with Gasteiger partial charge in [-0.25, -0.2) is 10.9 Å². The summed E-state index contributed by atoms with van der Waals surface area (Å²) in [5.41, 5.74) is 7.26. The second-order valence-electron chi connectivity index (χ2n) is 5.37. The molecule has 6 nitrogen and oxygen atoms in total. The van der Waals surface area contributed by atoms with E-state index in [9.17, 15) is 4.79 Å². The van der Waals surface area contributed by atoms with Crippen molar-refractivity contribution in [3.63, 3.8) is 0 Å². The Balaban J connectivity index is 0.00000192. The van der Waals surface area contributed by atoms with Gasteiger partial charge in [0.15, 0.2) is 0 Å². The number of morpholine rings is 1. The number of carbonyl (C=O) groups is 1. The molecule has 2 aliphatic rings. The fourth-order valence-corrected chi connectivity index (χ4v) is 3.26. The Bertz CT molecular complexity index is 558. The van der Waals surface area contributed by atoms with Crippen molar-refractivity contribution in [2.24, 2.45) is 0 Å². The van der Waals surface area contributed by atoms with Crippen molar-refractivity contribution in [2.75, 3.05) is 19.7 Å². The van der Waals surface area contributed by atoms with Gasteiger partial charge in [-0.2, -0.15) is 0 Å². The third-order valence-electron chi connectivity index (χ3n) is 3.77. The van der Waals surface area contributed by atoms with Gasteiger partial charge in [0, 0.05) is 29.0 Å². The highest BCUT2D eigenvalue weighted by Gasteiger charge is 2.30. The molecule has 0 aromatic heterocycles. The van der Waals surface area contributed by atoms with E-state index in [4.69, 9.17) is 16.3 Å². The molecule has 3 rings (SSSR count). The fourth-order valence-electron chi connectivity index (χ4n) is 2.63. The van der Waals surface area contributed by atoms with Gasteiger partial charge < -0.3 is 15.4 Å². The molecule has 0 bridgehead atoms. The van der Waals surface area contributed by atoms with Gasteiger partial charge in [0.25, 0.3) is 5.91 Å². The Labute approximate surface area is 154 Å². The Kier molecular flexibility index (Phi) is 7.09. The summed E-state index contributed by atoms with van der Waals surface area (Å²) in [5, 5.41) is 6.80. The van der Waals surface area contributed by atoms with Crippen LogP contribution >= 0.6 is 39.9 Å². The van der Waals surface area contributed by atoms with Crippen LogP contribution in [-0.2, 0) is 9.53 Å². The molecule has 9 heteroatoms. The lowest BCUT2D eigenvalue weighted by Gasteiger charge is -2.24. The number of nitrogens with one attached hydrogen (secondary N) is 4. The highest BCUT2D eigenvalue weighted by Crippen LogP contribution is 2.30. The first kappa shape index (κ1) is 18.9. The number of ether oxygens (including phenoxy) is 1. The van der Waals surface area contributed by atoms with Crippen LogP contribution in [0.2, 0.25) is 5.02 Å². The fraction of sp³-hybridized carbons (Fsp3) is 0.500. The summed E-state index contributed by atoms with van der Waals surface area (Å²) in [6.07, 6.45) is 0.129. The van der Waals surface area contributed by atoms with Crippen LogP contribution in [0.15, 0.2) is 22.7 Å². The van der Waals surface area contributed by atoms with Crippen LogP contribution in [0.3, 0.4) is 0 Å². The van der Waals surface area contributed by atoms with Crippen molar-refractivity contribution >= 4 is 45.8 Å². The molecule has 0 saturated carbocycles. The zero-order valence-electron chi connectivity index (χ0n) is 12.3. The molecule has 2 fully saturated rings. The molecule has 1 amide bonds. The second-order valence-corrected chi connectivity index (χ2v) is 6.69. The molecule has 2 aliphatic heterocycles. The number of halogens is 3. The van der Waals surface area contributed by atoms with Gasteiger partial charge in [-0.05, 0) is 23.8 Å². The van der Waals surface area contributed by atoms with Gasteiger partial charge in [0.1, 0.15) is 6.10 Å². The van der Waals surface area contributed by atoms with Crippen LogP contribution in [0.4, 0.5) is 0 Å². The maximum Gasteiger partial charge on any atom is 0.251 e. The van der Waals surface area contributed by atoms with Gasteiger partial charge in [-0.3, -0.25) is 4.79 Å². The Morgan fingerprint density at radius 1 is 1.39 bits per heavy atom. The molecule has 128 valence electrons. The number of hydrogen-bond donors (Lipinski definition) is 4. The number of hydrogen-bond acceptors (Lipinski definition) is 5. The van der Waals surface area contributed by atoms with Gasteiger partial charge >= 0.3 is 0 Å². The standard InChI is InChI=1S/C14H18BrClN4O2.ClH/c15-8-1-2-10(16)9(5-8)11-6-13(20-19-11)18-14(21)12-7-17-3-4-22-12;/h1-2,5,11-13,17,19-20H,3-4,6-7H2,(H,18,21);1H/t11?,12-,13?;/m1./s1. The van der Waals surface area contributed by atoms with Gasteiger partial charge in [0.2, 0.25) is 0 Å². The minimum Gasteiger partial charge on any atom is -0.366 e. The molecule has 2 heterocycles. The lowest BCUT2D eigenvalue weighted by molar-refractivity contribution is -0.135. The first-order valence-electron chi connectivity index (χ1n) is 7.22. The van der Waals surface area contributed by atoms with Crippen LogP contribution in [-0.4, -0.2) is 37.9 Å². The van der Waals surface area contributed by atoms with E-state index in [1.165, 1.54) is 0 Å². The van der Waals surface area contributed by atoms with E-state index in [2.05, 4.69) is 37.4 Å². The second kappa shape index (κ2) is 8.62. The van der Waals surface area contributed by atoms with E-state index in [1.807, 2.05) is 18.2 Å². The summed E-state index contributed by atoms with van der Waals surface area (Å²) in [4.78, 5) is 12.1. The predicted molar refractivity (Wildman–Crippen MR) is 94.6 cm³/mol. The van der Waals surface area contributed by atoms with Crippen molar-refractivity contribution < 1.29 is 9.53 Å². The first-order valence-corrected chi connectivity index (χ1v) is 8.39. The molecule has 23 heavy (non-hydrogen) atoms. The number of carbonyl (C=O) groups excluding carboxylic acids is 1. The third kappa shape index (κ3) is 4.79. The van der Waals surface area contributed by atoms with Crippen LogP contribution in [0.25, 0.3) is 0 Å². The summed E-state index contributed by atoms with van der Waals surface area (Å²) in [7, 11) is 0. The SMILES string of the molecule is Cl.O=C(NC1CC(c2cc(Br)ccc2Cl)NN1)[C@H]1CNCCO1. The zero-order valence-corrected chi connectivity index (χ0v) is 15.4. The van der Waals surface area contributed by atoms with Gasteiger partial charge in [0.05, 0.1) is 18.8 Å². The number of hydrazine groups is 1. The van der Waals surface area contributed by atoms with E-state index >= 15 is 0 Å². The summed E-state index contributed by atoms with van der Waals surface area (Å²) in [6.45, 7) is 1.90. The minimum absolute atomic E-state index is 0. The van der Waals surface area contributed by atoms with E-state index in [1.54, 1.807) is 0 Å². The van der Waals surface area contributed by atoms with Crippen LogP contribution in [0, 0.1) is 0 Å². The lowest BCUT2D eigenvalue weighted by Crippen LogP contribution is -2.53. The summed E-state index contributed by atoms with van der Waals surface area (Å²) >= 11 is 9.70. The van der Waals surface area contributed by atoms with E-state index in [-0.39, 0.29) is 30.5 Å². The minimum atomic E-state index is -0.427. The molecule has 2 unspecified atom stereocenters. The Morgan fingerprint density at radius 3 is 2.96 bits per heavy atom. The molecule has 4 N–H and O–H groups in total. The van der Waals surface area contributed by atoms with Crippen molar-refractivity contribution in [2.45, 2.75) is 24.7 Å². The molecule has 1 aromatic carbocycles. The van der Waals surface area contributed by atoms with Gasteiger partial charge in [-0.1, -0.05) is 27.5 Å². The monoisotopic (exact) mass is 424 g/mol. The van der Waals surface area contributed by atoms with E-state index in [0.29, 0.717) is 24.6 Å². The maximum absolute atomic E-state index is 12.1. The van der Waals surface area contributed by atoms with Crippen LogP contribution in [0.5, 0.6) is 0 Å². The molecule has 0 aliphatic carbocycles. The highest BCUT2D eigenvalue weighted by atomic mass is 79.9. The summed E-state index contributed by atoms with van der Waals surface area (Å²) < 4.78 is 6.42. The summed E-state index contributed by atoms with van der Waals surface area (Å²) in [6, 6.07) is 5.79. The number of amides is 1. The van der Waals surface area contributed by atoms with E-state index < -0.39 is 6.10 Å². The van der Waals surface area contributed by atoms with Crippen LogP contribution < -0.4 is 21.5 Å². The highest BCUT2D eigenvalue weighted by molar-refractivity contribution is 9.10. The molecule has 0 spiro atoms. The first-order chi connectivity index (χ1) is 10.6. The lowest BCUT2D eigenvalue weighted by atomic mass is 10.0.